The largest absolute Gasteiger partial charge is 0.484 e. The minimum absolute atomic E-state index is 0.0201. The van der Waals surface area contributed by atoms with Gasteiger partial charge in [-0.15, -0.1) is 0 Å². The summed E-state index contributed by atoms with van der Waals surface area (Å²) in [7, 11) is 0. The number of amides is 1. The quantitative estimate of drug-likeness (QED) is 0.671. The van der Waals surface area contributed by atoms with Gasteiger partial charge in [-0.25, -0.2) is 4.79 Å². The SMILES string of the molecule is O=C(O)N1CCCO[C@H](COc2ccc(Cl)cc2[N+](=O)[O-])C1. The van der Waals surface area contributed by atoms with E-state index >= 15 is 0 Å². The lowest BCUT2D eigenvalue weighted by molar-refractivity contribution is -0.385. The number of halogens is 1. The monoisotopic (exact) mass is 330 g/mol. The number of carboxylic acid groups (broad SMARTS) is 1. The summed E-state index contributed by atoms with van der Waals surface area (Å²) in [4.78, 5) is 22.7. The molecule has 1 fully saturated rings. The fourth-order valence-corrected chi connectivity index (χ4v) is 2.27. The van der Waals surface area contributed by atoms with E-state index in [0.717, 1.165) is 0 Å². The maximum atomic E-state index is 11.0. The van der Waals surface area contributed by atoms with Crippen LogP contribution in [0, 0.1) is 10.1 Å². The molecule has 1 saturated heterocycles. The zero-order valence-electron chi connectivity index (χ0n) is 11.6. The van der Waals surface area contributed by atoms with E-state index in [1.165, 1.54) is 23.1 Å². The Bertz CT molecular complexity index is 567. The van der Waals surface area contributed by atoms with Crippen LogP contribution in [0.2, 0.25) is 5.02 Å². The Morgan fingerprint density at radius 3 is 3.05 bits per heavy atom. The predicted octanol–water partition coefficient (Wildman–Crippen LogP) is 2.40. The summed E-state index contributed by atoms with van der Waals surface area (Å²) in [6.07, 6.45) is -0.897. The fraction of sp³-hybridized carbons (Fsp3) is 0.462. The van der Waals surface area contributed by atoms with E-state index in [1.54, 1.807) is 0 Å². The van der Waals surface area contributed by atoms with Crippen LogP contribution >= 0.6 is 11.6 Å². The van der Waals surface area contributed by atoms with Gasteiger partial charge < -0.3 is 19.5 Å². The van der Waals surface area contributed by atoms with E-state index in [0.29, 0.717) is 19.6 Å². The van der Waals surface area contributed by atoms with Gasteiger partial charge in [0.2, 0.25) is 0 Å². The van der Waals surface area contributed by atoms with Crippen LogP contribution in [0.1, 0.15) is 6.42 Å². The van der Waals surface area contributed by atoms with Crippen LogP contribution in [0.25, 0.3) is 0 Å². The summed E-state index contributed by atoms with van der Waals surface area (Å²) >= 11 is 5.73. The van der Waals surface area contributed by atoms with Crippen molar-refractivity contribution in [3.8, 4) is 5.75 Å². The molecule has 0 bridgehead atoms. The van der Waals surface area contributed by atoms with Crippen LogP contribution in [0.4, 0.5) is 10.5 Å². The highest BCUT2D eigenvalue weighted by Gasteiger charge is 2.24. The molecule has 0 unspecified atom stereocenters. The maximum Gasteiger partial charge on any atom is 0.407 e. The van der Waals surface area contributed by atoms with Crippen LogP contribution in [-0.2, 0) is 4.74 Å². The van der Waals surface area contributed by atoms with E-state index in [2.05, 4.69) is 0 Å². The van der Waals surface area contributed by atoms with Gasteiger partial charge in [-0.05, 0) is 18.6 Å². The fourth-order valence-electron chi connectivity index (χ4n) is 2.11. The van der Waals surface area contributed by atoms with Crippen molar-refractivity contribution in [3.05, 3.63) is 33.3 Å². The highest BCUT2D eigenvalue weighted by molar-refractivity contribution is 6.30. The summed E-state index contributed by atoms with van der Waals surface area (Å²) in [6.45, 7) is 0.996. The molecule has 22 heavy (non-hydrogen) atoms. The summed E-state index contributed by atoms with van der Waals surface area (Å²) in [5, 5.41) is 20.2. The molecular weight excluding hydrogens is 316 g/mol. The van der Waals surface area contributed by atoms with Crippen molar-refractivity contribution in [1.82, 2.24) is 4.90 Å². The smallest absolute Gasteiger partial charge is 0.407 e. The normalized spacial score (nSPS) is 18.6. The molecule has 1 atom stereocenters. The average molecular weight is 331 g/mol. The van der Waals surface area contributed by atoms with Gasteiger partial charge in [-0.2, -0.15) is 0 Å². The van der Waals surface area contributed by atoms with E-state index in [4.69, 9.17) is 26.2 Å². The summed E-state index contributed by atoms with van der Waals surface area (Å²) < 4.78 is 10.9. The molecule has 0 saturated carbocycles. The summed E-state index contributed by atoms with van der Waals surface area (Å²) in [6, 6.07) is 4.10. The zero-order chi connectivity index (χ0) is 16.1. The van der Waals surface area contributed by atoms with Crippen molar-refractivity contribution in [2.75, 3.05) is 26.3 Å². The number of ether oxygens (including phenoxy) is 2. The molecular formula is C13H15ClN2O6. The molecule has 1 amide bonds. The van der Waals surface area contributed by atoms with Crippen molar-refractivity contribution < 1.29 is 24.3 Å². The molecule has 2 rings (SSSR count). The molecule has 0 aliphatic carbocycles. The van der Waals surface area contributed by atoms with E-state index in [1.807, 2.05) is 0 Å². The number of hydrogen-bond acceptors (Lipinski definition) is 5. The molecule has 0 aromatic heterocycles. The first-order valence-corrected chi connectivity index (χ1v) is 7.01. The van der Waals surface area contributed by atoms with Crippen molar-refractivity contribution in [2.24, 2.45) is 0 Å². The predicted molar refractivity (Wildman–Crippen MR) is 77.6 cm³/mol. The number of nitro benzene ring substituents is 1. The van der Waals surface area contributed by atoms with Crippen LogP contribution in [0.15, 0.2) is 18.2 Å². The third-order valence-corrected chi connectivity index (χ3v) is 3.40. The molecule has 1 aromatic carbocycles. The minimum atomic E-state index is -1.02. The molecule has 0 spiro atoms. The number of hydrogen-bond donors (Lipinski definition) is 1. The topological polar surface area (TPSA) is 102 Å². The molecule has 1 aromatic rings. The number of carbonyl (C=O) groups is 1. The average Bonchev–Trinajstić information content (AvgIpc) is 2.71. The highest BCUT2D eigenvalue weighted by Crippen LogP contribution is 2.30. The molecule has 0 radical (unpaired) electrons. The van der Waals surface area contributed by atoms with Gasteiger partial charge >= 0.3 is 11.8 Å². The Kier molecular flexibility index (Phi) is 5.40. The second-order valence-corrected chi connectivity index (χ2v) is 5.19. The Morgan fingerprint density at radius 1 is 1.59 bits per heavy atom. The molecule has 1 N–H and O–H groups in total. The second-order valence-electron chi connectivity index (χ2n) is 4.76. The van der Waals surface area contributed by atoms with Crippen molar-refractivity contribution >= 4 is 23.4 Å². The van der Waals surface area contributed by atoms with Gasteiger partial charge in [0.25, 0.3) is 0 Å². The number of rotatable bonds is 4. The van der Waals surface area contributed by atoms with Crippen molar-refractivity contribution in [1.29, 1.82) is 0 Å². The highest BCUT2D eigenvalue weighted by atomic mass is 35.5. The van der Waals surface area contributed by atoms with Crippen LogP contribution in [-0.4, -0.2) is 53.4 Å². The first-order valence-electron chi connectivity index (χ1n) is 6.63. The van der Waals surface area contributed by atoms with Crippen LogP contribution < -0.4 is 4.74 Å². The number of benzene rings is 1. The van der Waals surface area contributed by atoms with Gasteiger partial charge in [0.05, 0.1) is 11.5 Å². The first kappa shape index (κ1) is 16.3. The molecule has 1 heterocycles. The van der Waals surface area contributed by atoms with Gasteiger partial charge in [0.15, 0.2) is 5.75 Å². The molecule has 120 valence electrons. The van der Waals surface area contributed by atoms with Gasteiger partial charge in [-0.3, -0.25) is 10.1 Å². The molecule has 1 aliphatic rings. The number of nitrogens with zero attached hydrogens (tertiary/aromatic N) is 2. The third kappa shape index (κ3) is 4.22. The van der Waals surface area contributed by atoms with E-state index in [9.17, 15) is 14.9 Å². The lowest BCUT2D eigenvalue weighted by Gasteiger charge is -2.21. The Balaban J connectivity index is 2.03. The lowest BCUT2D eigenvalue weighted by Crippen LogP contribution is -2.38. The molecule has 9 heteroatoms. The van der Waals surface area contributed by atoms with Crippen molar-refractivity contribution in [2.45, 2.75) is 12.5 Å². The van der Waals surface area contributed by atoms with Crippen molar-refractivity contribution in [3.63, 3.8) is 0 Å². The Labute approximate surface area is 131 Å². The summed E-state index contributed by atoms with van der Waals surface area (Å²) in [5.41, 5.74) is -0.240. The van der Waals surface area contributed by atoms with E-state index in [-0.39, 0.29) is 29.6 Å². The van der Waals surface area contributed by atoms with Gasteiger partial charge in [0.1, 0.15) is 12.7 Å². The third-order valence-electron chi connectivity index (χ3n) is 3.16. The first-order chi connectivity index (χ1) is 10.5. The standard InChI is InChI=1S/C13H15ClN2O6/c14-9-2-3-12(11(6-9)16(19)20)22-8-10-7-15(13(17)18)4-1-5-21-10/h2-3,6,10H,1,4-5,7-8H2,(H,17,18)/t10-/m0/s1. The zero-order valence-corrected chi connectivity index (χ0v) is 12.4. The Morgan fingerprint density at radius 2 is 2.36 bits per heavy atom. The Hall–Kier alpha value is -2.06. The summed E-state index contributed by atoms with van der Waals surface area (Å²) in [5.74, 6) is 0.0733. The number of nitro groups is 1. The second kappa shape index (κ2) is 7.28. The van der Waals surface area contributed by atoms with Crippen LogP contribution in [0.3, 0.4) is 0 Å². The van der Waals surface area contributed by atoms with Gasteiger partial charge in [0, 0.05) is 24.2 Å². The minimum Gasteiger partial charge on any atom is -0.484 e. The molecule has 1 aliphatic heterocycles. The molecule has 8 nitrogen and oxygen atoms in total. The lowest BCUT2D eigenvalue weighted by atomic mass is 10.3. The van der Waals surface area contributed by atoms with Crippen LogP contribution in [0.5, 0.6) is 5.75 Å². The van der Waals surface area contributed by atoms with Gasteiger partial charge in [-0.1, -0.05) is 11.6 Å². The maximum absolute atomic E-state index is 11.0. The van der Waals surface area contributed by atoms with E-state index < -0.39 is 17.1 Å².